The average Bonchev–Trinajstić information content (AvgIpc) is 2.41. The van der Waals surface area contributed by atoms with Gasteiger partial charge in [0, 0.05) is 13.1 Å². The maximum atomic E-state index is 12.3. The summed E-state index contributed by atoms with van der Waals surface area (Å²) in [5.41, 5.74) is -0.901. The highest BCUT2D eigenvalue weighted by Gasteiger charge is 2.42. The quantitative estimate of drug-likeness (QED) is 0.473. The molecule has 0 aliphatic rings. The van der Waals surface area contributed by atoms with Gasteiger partial charge in [-0.25, -0.2) is 0 Å². The second-order valence-corrected chi connectivity index (χ2v) is 5.01. The zero-order chi connectivity index (χ0) is 14.7. The Kier molecular flexibility index (Phi) is 9.27. The van der Waals surface area contributed by atoms with E-state index < -0.39 is 5.41 Å². The first-order valence-electron chi connectivity index (χ1n) is 7.65. The van der Waals surface area contributed by atoms with Crippen LogP contribution >= 0.6 is 0 Å². The number of amides is 2. The van der Waals surface area contributed by atoms with E-state index in [1.165, 1.54) is 0 Å². The Labute approximate surface area is 117 Å². The molecule has 0 aliphatic carbocycles. The summed E-state index contributed by atoms with van der Waals surface area (Å²) in [6.07, 6.45) is 5.06. The van der Waals surface area contributed by atoms with Crippen LogP contribution in [0.2, 0.25) is 0 Å². The third-order valence-corrected chi connectivity index (χ3v) is 3.71. The molecule has 19 heavy (non-hydrogen) atoms. The molecule has 0 radical (unpaired) electrons. The summed E-state index contributed by atoms with van der Waals surface area (Å²) in [6, 6.07) is 0. The van der Waals surface area contributed by atoms with E-state index in [0.717, 1.165) is 25.7 Å². The number of hydrogen-bond acceptors (Lipinski definition) is 2. The van der Waals surface area contributed by atoms with Crippen molar-refractivity contribution in [2.75, 3.05) is 13.1 Å². The molecule has 0 saturated heterocycles. The first-order valence-corrected chi connectivity index (χ1v) is 7.65. The molecule has 0 aromatic heterocycles. The van der Waals surface area contributed by atoms with Crippen LogP contribution < -0.4 is 10.6 Å². The first kappa shape index (κ1) is 17.9. The van der Waals surface area contributed by atoms with Crippen molar-refractivity contribution < 1.29 is 9.59 Å². The van der Waals surface area contributed by atoms with Crippen LogP contribution in [-0.2, 0) is 9.59 Å². The number of rotatable bonds is 10. The summed E-state index contributed by atoms with van der Waals surface area (Å²) in [6.45, 7) is 9.27. The van der Waals surface area contributed by atoms with Crippen LogP contribution in [-0.4, -0.2) is 24.9 Å². The number of hydrogen-bond donors (Lipinski definition) is 2. The Hall–Kier alpha value is -1.06. The van der Waals surface area contributed by atoms with Gasteiger partial charge in [0.2, 0.25) is 11.8 Å². The molecular weight excluding hydrogens is 240 g/mol. The Bertz CT molecular complexity index is 249. The predicted octanol–water partition coefficient (Wildman–Crippen LogP) is 2.63. The molecule has 4 nitrogen and oxygen atoms in total. The number of carbonyl (C=O) groups is 2. The second kappa shape index (κ2) is 9.82. The molecule has 4 heteroatoms. The van der Waals surface area contributed by atoms with E-state index in [-0.39, 0.29) is 11.8 Å². The van der Waals surface area contributed by atoms with Crippen molar-refractivity contribution in [2.24, 2.45) is 5.41 Å². The molecule has 0 spiro atoms. The fraction of sp³-hybridized carbons (Fsp3) is 0.867. The van der Waals surface area contributed by atoms with Crippen LogP contribution in [0.3, 0.4) is 0 Å². The van der Waals surface area contributed by atoms with E-state index in [0.29, 0.717) is 25.9 Å². The lowest BCUT2D eigenvalue weighted by atomic mass is 9.80. The zero-order valence-electron chi connectivity index (χ0n) is 13.0. The summed E-state index contributed by atoms with van der Waals surface area (Å²) in [5, 5.41) is 5.80. The first-order chi connectivity index (χ1) is 9.08. The molecule has 0 fully saturated rings. The fourth-order valence-electron chi connectivity index (χ4n) is 2.09. The largest absolute Gasteiger partial charge is 0.355 e. The Morgan fingerprint density at radius 1 is 0.789 bits per heavy atom. The van der Waals surface area contributed by atoms with Crippen molar-refractivity contribution in [2.45, 2.75) is 66.2 Å². The number of unbranched alkanes of at least 4 members (excludes halogenated alkanes) is 2. The molecule has 0 aromatic rings. The van der Waals surface area contributed by atoms with Gasteiger partial charge in [-0.05, 0) is 25.7 Å². The SMILES string of the molecule is CCCCNC(=O)C(CC)(CC)C(=O)NCCCC. The molecule has 0 saturated carbocycles. The molecule has 0 bridgehead atoms. The molecule has 112 valence electrons. The maximum Gasteiger partial charge on any atom is 0.235 e. The fourth-order valence-corrected chi connectivity index (χ4v) is 2.09. The highest BCUT2D eigenvalue weighted by molar-refractivity contribution is 6.04. The standard InChI is InChI=1S/C15H30N2O2/c1-5-9-11-16-13(18)15(7-3,8-4)14(19)17-12-10-6-2/h5-12H2,1-4H3,(H,16,18)(H,17,19). The summed E-state index contributed by atoms with van der Waals surface area (Å²) >= 11 is 0. The molecule has 0 aliphatic heterocycles. The van der Waals surface area contributed by atoms with Gasteiger partial charge < -0.3 is 10.6 Å². The van der Waals surface area contributed by atoms with Gasteiger partial charge in [0.1, 0.15) is 5.41 Å². The van der Waals surface area contributed by atoms with E-state index >= 15 is 0 Å². The lowest BCUT2D eigenvalue weighted by molar-refractivity contribution is -0.144. The minimum atomic E-state index is -0.901. The van der Waals surface area contributed by atoms with Gasteiger partial charge in [-0.1, -0.05) is 40.5 Å². The number of carbonyl (C=O) groups excluding carboxylic acids is 2. The minimum Gasteiger partial charge on any atom is -0.355 e. The van der Waals surface area contributed by atoms with E-state index in [1.807, 2.05) is 13.8 Å². The highest BCUT2D eigenvalue weighted by atomic mass is 16.2. The van der Waals surface area contributed by atoms with Crippen LogP contribution in [0, 0.1) is 5.41 Å². The van der Waals surface area contributed by atoms with Gasteiger partial charge in [-0.15, -0.1) is 0 Å². The third-order valence-electron chi connectivity index (χ3n) is 3.71. The summed E-state index contributed by atoms with van der Waals surface area (Å²) in [5.74, 6) is -0.250. The van der Waals surface area contributed by atoms with E-state index in [2.05, 4.69) is 24.5 Å². The summed E-state index contributed by atoms with van der Waals surface area (Å²) in [7, 11) is 0. The monoisotopic (exact) mass is 270 g/mol. The van der Waals surface area contributed by atoms with Gasteiger partial charge >= 0.3 is 0 Å². The smallest absolute Gasteiger partial charge is 0.235 e. The molecule has 0 rings (SSSR count). The van der Waals surface area contributed by atoms with Gasteiger partial charge in [0.25, 0.3) is 0 Å². The van der Waals surface area contributed by atoms with Gasteiger partial charge in [0.15, 0.2) is 0 Å². The molecule has 2 N–H and O–H groups in total. The van der Waals surface area contributed by atoms with E-state index in [9.17, 15) is 9.59 Å². The molecule has 2 amide bonds. The molecule has 0 heterocycles. The molecule has 0 aromatic carbocycles. The maximum absolute atomic E-state index is 12.3. The lowest BCUT2D eigenvalue weighted by Gasteiger charge is -2.29. The van der Waals surface area contributed by atoms with Gasteiger partial charge in [0.05, 0.1) is 0 Å². The van der Waals surface area contributed by atoms with Gasteiger partial charge in [-0.3, -0.25) is 9.59 Å². The van der Waals surface area contributed by atoms with Crippen LogP contribution in [0.15, 0.2) is 0 Å². The highest BCUT2D eigenvalue weighted by Crippen LogP contribution is 2.27. The van der Waals surface area contributed by atoms with Crippen molar-refractivity contribution in [3.05, 3.63) is 0 Å². The van der Waals surface area contributed by atoms with Crippen LogP contribution in [0.25, 0.3) is 0 Å². The van der Waals surface area contributed by atoms with Crippen molar-refractivity contribution in [1.29, 1.82) is 0 Å². The number of nitrogens with one attached hydrogen (secondary N) is 2. The summed E-state index contributed by atoms with van der Waals surface area (Å²) in [4.78, 5) is 24.6. The molecule has 0 atom stereocenters. The lowest BCUT2D eigenvalue weighted by Crippen LogP contribution is -2.51. The third kappa shape index (κ3) is 5.21. The van der Waals surface area contributed by atoms with E-state index in [1.54, 1.807) is 0 Å². The normalized spacial score (nSPS) is 11.2. The van der Waals surface area contributed by atoms with Crippen LogP contribution in [0.1, 0.15) is 66.2 Å². The van der Waals surface area contributed by atoms with Crippen molar-refractivity contribution >= 4 is 11.8 Å². The van der Waals surface area contributed by atoms with Crippen molar-refractivity contribution in [3.8, 4) is 0 Å². The predicted molar refractivity (Wildman–Crippen MR) is 78.9 cm³/mol. The Balaban J connectivity index is 4.62. The average molecular weight is 270 g/mol. The Morgan fingerprint density at radius 3 is 1.42 bits per heavy atom. The zero-order valence-corrected chi connectivity index (χ0v) is 13.0. The van der Waals surface area contributed by atoms with E-state index in [4.69, 9.17) is 0 Å². The second-order valence-electron chi connectivity index (χ2n) is 5.01. The molecule has 0 unspecified atom stereocenters. The van der Waals surface area contributed by atoms with Crippen molar-refractivity contribution in [1.82, 2.24) is 10.6 Å². The summed E-state index contributed by atoms with van der Waals surface area (Å²) < 4.78 is 0. The Morgan fingerprint density at radius 2 is 1.16 bits per heavy atom. The van der Waals surface area contributed by atoms with Crippen molar-refractivity contribution in [3.63, 3.8) is 0 Å². The van der Waals surface area contributed by atoms with Gasteiger partial charge in [-0.2, -0.15) is 0 Å². The minimum absolute atomic E-state index is 0.125. The molecular formula is C15H30N2O2. The van der Waals surface area contributed by atoms with Crippen LogP contribution in [0.4, 0.5) is 0 Å². The van der Waals surface area contributed by atoms with Crippen LogP contribution in [0.5, 0.6) is 0 Å². The topological polar surface area (TPSA) is 58.2 Å².